The number of hydrogen-bond donors (Lipinski definition) is 2. The molecule has 0 aliphatic heterocycles. The van der Waals surface area contributed by atoms with Gasteiger partial charge in [0.1, 0.15) is 11.5 Å². The topological polar surface area (TPSA) is 76.0 Å². The molecule has 0 heterocycles. The molecule has 0 aromatic heterocycles. The number of benzene rings is 1. The summed E-state index contributed by atoms with van der Waals surface area (Å²) in [5.41, 5.74) is 0.466. The molecule has 0 radical (unpaired) electrons. The molecule has 5 nitrogen and oxygen atoms in total. The molecule has 0 spiro atoms. The Hall–Kier alpha value is -1.47. The van der Waals surface area contributed by atoms with Crippen LogP contribution in [0.25, 0.3) is 0 Å². The highest BCUT2D eigenvalue weighted by molar-refractivity contribution is 7.46. The lowest BCUT2D eigenvalue weighted by Gasteiger charge is -2.18. The Morgan fingerprint density at radius 3 is 2.58 bits per heavy atom. The predicted octanol–water partition coefficient (Wildman–Crippen LogP) is 2.51. The number of phosphoric acid groups is 1. The van der Waals surface area contributed by atoms with Crippen molar-refractivity contribution in [2.75, 3.05) is 0 Å². The lowest BCUT2D eigenvalue weighted by Crippen LogP contribution is -2.11. The first-order valence-electron chi connectivity index (χ1n) is 5.84. The lowest BCUT2D eigenvalue weighted by molar-refractivity contribution is 0.214. The minimum Gasteiger partial charge on any atom is -0.490 e. The van der Waals surface area contributed by atoms with E-state index in [-0.39, 0.29) is 18.3 Å². The average molecular weight is 284 g/mol. The van der Waals surface area contributed by atoms with Gasteiger partial charge in [0.05, 0.1) is 6.10 Å². The van der Waals surface area contributed by atoms with Gasteiger partial charge in [0, 0.05) is 12.0 Å². The van der Waals surface area contributed by atoms with Crippen LogP contribution < -0.4 is 9.26 Å². The third-order valence-corrected chi connectivity index (χ3v) is 2.92. The summed E-state index contributed by atoms with van der Waals surface area (Å²) in [5.74, 6) is 2.96. The molecule has 19 heavy (non-hydrogen) atoms. The summed E-state index contributed by atoms with van der Waals surface area (Å²) in [5, 5.41) is 0. The minimum absolute atomic E-state index is 0.0261. The number of terminal acetylenes is 1. The fraction of sp³-hybridized carbons (Fsp3) is 0.385. The summed E-state index contributed by atoms with van der Waals surface area (Å²) in [6.07, 6.45) is 6.22. The van der Waals surface area contributed by atoms with Gasteiger partial charge in [-0.2, -0.15) is 0 Å². The number of hydrogen-bond acceptors (Lipinski definition) is 3. The van der Waals surface area contributed by atoms with E-state index < -0.39 is 7.82 Å². The van der Waals surface area contributed by atoms with Crippen molar-refractivity contribution in [3.05, 3.63) is 23.8 Å². The zero-order chi connectivity index (χ0) is 14.5. The van der Waals surface area contributed by atoms with E-state index >= 15 is 0 Å². The van der Waals surface area contributed by atoms with Crippen molar-refractivity contribution in [3.63, 3.8) is 0 Å². The Morgan fingerprint density at radius 2 is 2.05 bits per heavy atom. The molecule has 0 aliphatic carbocycles. The van der Waals surface area contributed by atoms with Crippen LogP contribution in [0.3, 0.4) is 0 Å². The van der Waals surface area contributed by atoms with E-state index in [1.807, 2.05) is 13.8 Å². The number of ether oxygens (including phenoxy) is 1. The summed E-state index contributed by atoms with van der Waals surface area (Å²) >= 11 is 0. The summed E-state index contributed by atoms with van der Waals surface area (Å²) < 4.78 is 21.2. The van der Waals surface area contributed by atoms with Gasteiger partial charge in [-0.05, 0) is 25.5 Å². The van der Waals surface area contributed by atoms with Gasteiger partial charge < -0.3 is 9.26 Å². The van der Waals surface area contributed by atoms with Crippen molar-refractivity contribution in [1.29, 1.82) is 0 Å². The van der Waals surface area contributed by atoms with Crippen LogP contribution in [-0.4, -0.2) is 15.9 Å². The second-order valence-electron chi connectivity index (χ2n) is 4.03. The highest BCUT2D eigenvalue weighted by Gasteiger charge is 2.20. The monoisotopic (exact) mass is 284 g/mol. The summed E-state index contributed by atoms with van der Waals surface area (Å²) in [6, 6.07) is 4.75. The summed E-state index contributed by atoms with van der Waals surface area (Å²) in [4.78, 5) is 17.8. The normalized spacial score (nSPS) is 12.6. The molecule has 1 unspecified atom stereocenters. The average Bonchev–Trinajstić information content (AvgIpc) is 2.31. The van der Waals surface area contributed by atoms with Gasteiger partial charge in [-0.25, -0.2) is 4.57 Å². The highest BCUT2D eigenvalue weighted by atomic mass is 31.2. The summed E-state index contributed by atoms with van der Waals surface area (Å²) in [6.45, 7) is 3.87. The molecule has 0 fully saturated rings. The Labute approximate surface area is 112 Å². The maximum absolute atomic E-state index is 10.9. The summed E-state index contributed by atoms with van der Waals surface area (Å²) in [7, 11) is -4.62. The van der Waals surface area contributed by atoms with Crippen LogP contribution in [0.15, 0.2) is 18.2 Å². The Morgan fingerprint density at radius 1 is 1.42 bits per heavy atom. The maximum Gasteiger partial charge on any atom is 0.524 e. The van der Waals surface area contributed by atoms with E-state index in [9.17, 15) is 4.57 Å². The van der Waals surface area contributed by atoms with Gasteiger partial charge in [-0.15, -0.1) is 12.3 Å². The van der Waals surface area contributed by atoms with E-state index in [1.165, 1.54) is 6.07 Å². The van der Waals surface area contributed by atoms with Gasteiger partial charge in [0.2, 0.25) is 0 Å². The second-order valence-corrected chi connectivity index (χ2v) is 5.20. The zero-order valence-electron chi connectivity index (χ0n) is 10.9. The third-order valence-electron chi connectivity index (χ3n) is 2.49. The van der Waals surface area contributed by atoms with Gasteiger partial charge in [-0.3, -0.25) is 9.79 Å². The van der Waals surface area contributed by atoms with E-state index in [4.69, 9.17) is 20.9 Å². The zero-order valence-corrected chi connectivity index (χ0v) is 11.8. The van der Waals surface area contributed by atoms with Crippen LogP contribution in [0.5, 0.6) is 11.5 Å². The smallest absolute Gasteiger partial charge is 0.490 e. The van der Waals surface area contributed by atoms with Gasteiger partial charge >= 0.3 is 7.82 Å². The maximum atomic E-state index is 10.9. The molecule has 0 saturated carbocycles. The molecule has 0 aliphatic rings. The van der Waals surface area contributed by atoms with E-state index in [1.54, 1.807) is 12.1 Å². The first-order valence-corrected chi connectivity index (χ1v) is 7.37. The Kier molecular flexibility index (Phi) is 5.44. The molecule has 0 amide bonds. The van der Waals surface area contributed by atoms with Crippen molar-refractivity contribution in [1.82, 2.24) is 0 Å². The fourth-order valence-corrected chi connectivity index (χ4v) is 1.87. The molecule has 104 valence electrons. The first kappa shape index (κ1) is 15.6. The van der Waals surface area contributed by atoms with E-state index in [0.29, 0.717) is 11.3 Å². The SMILES string of the molecule is C#CCc1c(OC(C)CC)cccc1OP(=O)(O)O. The van der Waals surface area contributed by atoms with Crippen LogP contribution in [-0.2, 0) is 11.0 Å². The molecule has 1 rings (SSSR count). The fourth-order valence-electron chi connectivity index (χ4n) is 1.45. The van der Waals surface area contributed by atoms with Crippen LogP contribution >= 0.6 is 7.82 Å². The van der Waals surface area contributed by atoms with Crippen molar-refractivity contribution in [3.8, 4) is 23.8 Å². The number of phosphoric ester groups is 1. The highest BCUT2D eigenvalue weighted by Crippen LogP contribution is 2.41. The number of rotatable bonds is 6. The molecule has 6 heteroatoms. The molecule has 0 bridgehead atoms. The quantitative estimate of drug-likeness (QED) is 0.620. The largest absolute Gasteiger partial charge is 0.524 e. The second kappa shape index (κ2) is 6.63. The van der Waals surface area contributed by atoms with Crippen LogP contribution in [0, 0.1) is 12.3 Å². The van der Waals surface area contributed by atoms with E-state index in [0.717, 1.165) is 6.42 Å². The first-order chi connectivity index (χ1) is 8.87. The third kappa shape index (κ3) is 4.96. The molecule has 1 aromatic carbocycles. The Balaban J connectivity index is 3.14. The van der Waals surface area contributed by atoms with Gasteiger partial charge in [-0.1, -0.05) is 13.0 Å². The molecule has 2 N–H and O–H groups in total. The van der Waals surface area contributed by atoms with Crippen LogP contribution in [0.2, 0.25) is 0 Å². The van der Waals surface area contributed by atoms with Crippen LogP contribution in [0.1, 0.15) is 25.8 Å². The molecule has 1 aromatic rings. The standard InChI is InChI=1S/C13H17O5P/c1-4-7-11-12(17-10(3)5-2)8-6-9-13(11)18-19(14,15)16/h1,6,8-10H,5,7H2,2-3H3,(H2,14,15,16). The molecular weight excluding hydrogens is 267 g/mol. The minimum atomic E-state index is -4.62. The van der Waals surface area contributed by atoms with Crippen molar-refractivity contribution in [2.45, 2.75) is 32.8 Å². The van der Waals surface area contributed by atoms with Crippen molar-refractivity contribution in [2.24, 2.45) is 0 Å². The molecular formula is C13H17O5P. The van der Waals surface area contributed by atoms with Crippen molar-refractivity contribution >= 4 is 7.82 Å². The molecule has 1 atom stereocenters. The van der Waals surface area contributed by atoms with Gasteiger partial charge in [0.15, 0.2) is 0 Å². The van der Waals surface area contributed by atoms with Crippen LogP contribution in [0.4, 0.5) is 0 Å². The predicted molar refractivity (Wildman–Crippen MR) is 72.0 cm³/mol. The molecule has 0 saturated heterocycles. The lowest BCUT2D eigenvalue weighted by atomic mass is 10.1. The van der Waals surface area contributed by atoms with E-state index in [2.05, 4.69) is 10.4 Å². The van der Waals surface area contributed by atoms with Crippen molar-refractivity contribution < 1.29 is 23.6 Å². The Bertz CT molecular complexity index is 514. The van der Waals surface area contributed by atoms with Gasteiger partial charge in [0.25, 0.3) is 0 Å².